The Morgan fingerprint density at radius 3 is 2.50 bits per heavy atom. The van der Waals surface area contributed by atoms with Crippen molar-refractivity contribution in [2.75, 3.05) is 32.7 Å². The van der Waals surface area contributed by atoms with E-state index in [9.17, 15) is 9.59 Å². The van der Waals surface area contributed by atoms with Crippen molar-refractivity contribution in [1.82, 2.24) is 0 Å². The van der Waals surface area contributed by atoms with Gasteiger partial charge in [-0.2, -0.15) is 0 Å². The summed E-state index contributed by atoms with van der Waals surface area (Å²) in [6.45, 7) is 4.69. The van der Waals surface area contributed by atoms with E-state index in [4.69, 9.17) is 4.74 Å². The van der Waals surface area contributed by atoms with E-state index in [0.29, 0.717) is 30.6 Å². The number of hydrogen-bond donors (Lipinski definition) is 0. The smallest absolute Gasteiger partial charge is 0.157 e. The van der Waals surface area contributed by atoms with Crippen LogP contribution in [0.5, 0.6) is 0 Å². The van der Waals surface area contributed by atoms with E-state index in [-0.39, 0.29) is 17.1 Å². The molecule has 1 aromatic rings. The molecule has 0 saturated heterocycles. The Morgan fingerprint density at radius 1 is 1.12 bits per heavy atom. The van der Waals surface area contributed by atoms with Crippen LogP contribution >= 0.6 is 0 Å². The Morgan fingerprint density at radius 2 is 1.85 bits per heavy atom. The average molecular weight is 462 g/mol. The van der Waals surface area contributed by atoms with Crippen molar-refractivity contribution in [1.29, 1.82) is 0 Å². The SMILES string of the molecule is COCC1(c2ccc(N(C)C)cc2)CC(=O)C=C2CC[C@@H]3C(=C21)CC[C@]1(C)[C@@H](C(C)=O)CC[C@@H]31. The summed E-state index contributed by atoms with van der Waals surface area (Å²) in [5.41, 5.74) is 6.22. The average Bonchev–Trinajstić information content (AvgIpc) is 3.16. The third-order valence-electron chi connectivity index (χ3n) is 9.75. The van der Waals surface area contributed by atoms with Crippen molar-refractivity contribution in [3.63, 3.8) is 0 Å². The highest BCUT2D eigenvalue weighted by atomic mass is 16.5. The van der Waals surface area contributed by atoms with E-state index in [1.807, 2.05) is 6.08 Å². The maximum absolute atomic E-state index is 13.1. The highest BCUT2D eigenvalue weighted by Crippen LogP contribution is 2.63. The first-order valence-corrected chi connectivity index (χ1v) is 13.0. The summed E-state index contributed by atoms with van der Waals surface area (Å²) in [6.07, 6.45) is 8.74. The minimum Gasteiger partial charge on any atom is -0.383 e. The zero-order valence-electron chi connectivity index (χ0n) is 21.4. The molecule has 0 amide bonds. The zero-order valence-corrected chi connectivity index (χ0v) is 21.4. The third-order valence-corrected chi connectivity index (χ3v) is 9.75. The van der Waals surface area contributed by atoms with Crippen LogP contribution in [-0.2, 0) is 19.7 Å². The monoisotopic (exact) mass is 461 g/mol. The van der Waals surface area contributed by atoms with E-state index in [2.05, 4.69) is 50.2 Å². The molecule has 0 radical (unpaired) electrons. The lowest BCUT2D eigenvalue weighted by atomic mass is 9.52. The van der Waals surface area contributed by atoms with Crippen LogP contribution in [0.4, 0.5) is 5.69 Å². The van der Waals surface area contributed by atoms with Gasteiger partial charge in [0.25, 0.3) is 0 Å². The van der Waals surface area contributed by atoms with Gasteiger partial charge in [0.1, 0.15) is 5.78 Å². The Hall–Kier alpha value is -2.20. The number of benzene rings is 1. The number of ether oxygens (including phenoxy) is 1. The van der Waals surface area contributed by atoms with E-state index in [1.165, 1.54) is 16.7 Å². The van der Waals surface area contributed by atoms with Gasteiger partial charge in [-0.3, -0.25) is 9.59 Å². The van der Waals surface area contributed by atoms with Crippen LogP contribution in [0.25, 0.3) is 0 Å². The molecule has 1 unspecified atom stereocenters. The van der Waals surface area contributed by atoms with Crippen LogP contribution in [0.3, 0.4) is 0 Å². The predicted molar refractivity (Wildman–Crippen MR) is 136 cm³/mol. The molecule has 182 valence electrons. The van der Waals surface area contributed by atoms with Crippen LogP contribution in [-0.4, -0.2) is 39.4 Å². The molecule has 0 aliphatic heterocycles. The molecule has 34 heavy (non-hydrogen) atoms. The fraction of sp³-hybridized carbons (Fsp3) is 0.600. The molecule has 0 spiro atoms. The first kappa shape index (κ1) is 23.5. The predicted octanol–water partition coefficient (Wildman–Crippen LogP) is 5.66. The molecule has 4 nitrogen and oxygen atoms in total. The fourth-order valence-electron chi connectivity index (χ4n) is 8.28. The maximum Gasteiger partial charge on any atom is 0.157 e. The second-order valence-corrected chi connectivity index (χ2v) is 11.7. The van der Waals surface area contributed by atoms with Gasteiger partial charge in [-0.25, -0.2) is 0 Å². The Kier molecular flexibility index (Phi) is 5.87. The van der Waals surface area contributed by atoms with Gasteiger partial charge < -0.3 is 9.64 Å². The molecule has 0 N–H and O–H groups in total. The number of carbonyl (C=O) groups excluding carboxylic acids is 2. The number of carbonyl (C=O) groups is 2. The van der Waals surface area contributed by atoms with Crippen LogP contribution in [0.1, 0.15) is 64.4 Å². The summed E-state index contributed by atoms with van der Waals surface area (Å²) in [7, 11) is 5.86. The number of anilines is 1. The second kappa shape index (κ2) is 8.48. The number of allylic oxidation sites excluding steroid dienone is 3. The number of fused-ring (bicyclic) bond motifs is 4. The standard InChI is InChI=1S/C30H39NO3/c1-19(32)26-12-13-27-24-11-6-20-16-23(33)17-30(18-34-5,21-7-9-22(10-8-21)31(3)4)28(20)25(24)14-15-29(26,27)2/h7-10,16,24,26-27H,6,11-15,17-18H2,1-5H3/t24-,26-,27+,29-,30?/m1/s1. The van der Waals surface area contributed by atoms with Gasteiger partial charge in [0.2, 0.25) is 0 Å². The first-order chi connectivity index (χ1) is 16.2. The van der Waals surface area contributed by atoms with Gasteiger partial charge in [0, 0.05) is 39.2 Å². The van der Waals surface area contributed by atoms with Gasteiger partial charge in [-0.15, -0.1) is 0 Å². The third kappa shape index (κ3) is 3.44. The van der Waals surface area contributed by atoms with E-state index < -0.39 is 5.41 Å². The first-order valence-electron chi connectivity index (χ1n) is 13.0. The summed E-state index contributed by atoms with van der Waals surface area (Å²) in [6, 6.07) is 8.73. The summed E-state index contributed by atoms with van der Waals surface area (Å²) in [4.78, 5) is 27.7. The van der Waals surface area contributed by atoms with Crippen molar-refractivity contribution in [3.05, 3.63) is 52.6 Å². The minimum atomic E-state index is -0.429. The van der Waals surface area contributed by atoms with E-state index in [0.717, 1.165) is 44.2 Å². The van der Waals surface area contributed by atoms with Crippen molar-refractivity contribution in [3.8, 4) is 0 Å². The number of ketones is 2. The van der Waals surface area contributed by atoms with Gasteiger partial charge in [-0.1, -0.05) is 24.6 Å². The zero-order chi connectivity index (χ0) is 24.3. The fourth-order valence-corrected chi connectivity index (χ4v) is 8.28. The van der Waals surface area contributed by atoms with Crippen molar-refractivity contribution in [2.24, 2.45) is 23.2 Å². The molecular weight excluding hydrogens is 422 g/mol. The van der Waals surface area contributed by atoms with Gasteiger partial charge in [0.15, 0.2) is 5.78 Å². The highest BCUT2D eigenvalue weighted by Gasteiger charge is 2.56. The Bertz CT molecular complexity index is 1070. The molecule has 0 aromatic heterocycles. The number of Topliss-reactive ketones (excluding diaryl/α,β-unsaturated/α-hetero) is 1. The van der Waals surface area contributed by atoms with Crippen molar-refractivity contribution < 1.29 is 14.3 Å². The molecule has 4 aliphatic carbocycles. The van der Waals surface area contributed by atoms with Gasteiger partial charge >= 0.3 is 0 Å². The van der Waals surface area contributed by atoms with Gasteiger partial charge in [0.05, 0.1) is 12.0 Å². The van der Waals surface area contributed by atoms with E-state index >= 15 is 0 Å². The summed E-state index contributed by atoms with van der Waals surface area (Å²) >= 11 is 0. The molecule has 0 heterocycles. The molecule has 5 atom stereocenters. The van der Waals surface area contributed by atoms with Crippen molar-refractivity contribution >= 4 is 17.3 Å². The lowest BCUT2D eigenvalue weighted by Crippen LogP contribution is -2.46. The molecule has 2 fully saturated rings. The van der Waals surface area contributed by atoms with Crippen molar-refractivity contribution in [2.45, 2.75) is 64.2 Å². The normalized spacial score (nSPS) is 34.8. The quantitative estimate of drug-likeness (QED) is 0.568. The number of hydrogen-bond acceptors (Lipinski definition) is 4. The molecule has 4 heteroatoms. The molecule has 0 bridgehead atoms. The maximum atomic E-state index is 13.1. The van der Waals surface area contributed by atoms with Crippen LogP contribution in [0, 0.1) is 23.2 Å². The number of rotatable bonds is 5. The van der Waals surface area contributed by atoms with Crippen LogP contribution < -0.4 is 4.90 Å². The van der Waals surface area contributed by atoms with Gasteiger partial charge in [-0.05, 0) is 97.6 Å². The molecular formula is C30H39NO3. The van der Waals surface area contributed by atoms with Crippen LogP contribution in [0.15, 0.2) is 47.1 Å². The lowest BCUT2D eigenvalue weighted by molar-refractivity contribution is -0.125. The van der Waals surface area contributed by atoms with Crippen LogP contribution in [0.2, 0.25) is 0 Å². The van der Waals surface area contributed by atoms with E-state index in [1.54, 1.807) is 19.6 Å². The second-order valence-electron chi connectivity index (χ2n) is 11.7. The lowest BCUT2D eigenvalue weighted by Gasteiger charge is -2.52. The minimum absolute atomic E-state index is 0.115. The largest absolute Gasteiger partial charge is 0.383 e. The highest BCUT2D eigenvalue weighted by molar-refractivity contribution is 5.95. The Balaban J connectivity index is 1.65. The number of methoxy groups -OCH3 is 1. The Labute approximate surface area is 204 Å². The molecule has 4 aliphatic rings. The topological polar surface area (TPSA) is 46.6 Å². The molecule has 2 saturated carbocycles. The number of nitrogens with zero attached hydrogens (tertiary/aromatic N) is 1. The molecule has 1 aromatic carbocycles. The summed E-state index contributed by atoms with van der Waals surface area (Å²) in [5.74, 6) is 1.87. The summed E-state index contributed by atoms with van der Waals surface area (Å²) < 4.78 is 5.88. The molecule has 5 rings (SSSR count). The summed E-state index contributed by atoms with van der Waals surface area (Å²) in [5, 5.41) is 0.